The van der Waals surface area contributed by atoms with Gasteiger partial charge in [-0.2, -0.15) is 5.09 Å². The highest BCUT2D eigenvalue weighted by molar-refractivity contribution is 7.52. The molecule has 3 rings (SSSR count). The summed E-state index contributed by atoms with van der Waals surface area (Å²) in [5.41, 5.74) is -3.01. The van der Waals surface area contributed by atoms with Gasteiger partial charge in [0.15, 0.2) is 0 Å². The number of carbonyl (C=O) groups excluding carboxylic acids is 1. The zero-order valence-corrected chi connectivity index (χ0v) is 18.4. The number of para-hydroxylation sites is 1. The zero-order valence-electron chi connectivity index (χ0n) is 17.5. The van der Waals surface area contributed by atoms with E-state index in [0.29, 0.717) is 12.8 Å². The van der Waals surface area contributed by atoms with Crippen molar-refractivity contribution < 1.29 is 36.7 Å². The number of nitrogens with one attached hydrogen (secondary N) is 1. The van der Waals surface area contributed by atoms with Gasteiger partial charge in [0, 0.05) is 6.42 Å². The minimum atomic E-state index is -4.25. The van der Waals surface area contributed by atoms with Crippen LogP contribution in [0.3, 0.4) is 0 Å². The summed E-state index contributed by atoms with van der Waals surface area (Å²) in [5, 5.41) is 2.47. The summed E-state index contributed by atoms with van der Waals surface area (Å²) in [6.45, 7) is 5.24. The first-order valence-electron chi connectivity index (χ1n) is 9.93. The third kappa shape index (κ3) is 5.19. The van der Waals surface area contributed by atoms with Gasteiger partial charge in [0.1, 0.15) is 29.7 Å². The first kappa shape index (κ1) is 23.1. The molecule has 1 saturated heterocycles. The molecule has 30 heavy (non-hydrogen) atoms. The Morgan fingerprint density at radius 1 is 1.23 bits per heavy atom. The molecule has 1 aromatic carbocycles. The molecule has 1 aromatic rings. The van der Waals surface area contributed by atoms with Gasteiger partial charge in [0.25, 0.3) is 0 Å². The summed E-state index contributed by atoms with van der Waals surface area (Å²) in [5.74, 6) is -2.95. The number of benzene rings is 1. The van der Waals surface area contributed by atoms with Gasteiger partial charge in [-0.25, -0.2) is 13.3 Å². The van der Waals surface area contributed by atoms with E-state index in [1.54, 1.807) is 32.0 Å². The number of esters is 1. The zero-order chi connectivity index (χ0) is 22.2. The van der Waals surface area contributed by atoms with Crippen molar-refractivity contribution in [3.05, 3.63) is 30.3 Å². The lowest BCUT2D eigenvalue weighted by Crippen LogP contribution is -2.38. The lowest BCUT2D eigenvalue weighted by molar-refractivity contribution is -0.167. The van der Waals surface area contributed by atoms with Crippen molar-refractivity contribution in [3.63, 3.8) is 0 Å². The molecule has 1 unspecified atom stereocenters. The Morgan fingerprint density at radius 3 is 2.40 bits per heavy atom. The minimum absolute atomic E-state index is 0.187. The Hall–Kier alpha value is -1.54. The maximum absolute atomic E-state index is 15.2. The molecule has 1 heterocycles. The summed E-state index contributed by atoms with van der Waals surface area (Å²) < 4.78 is 64.5. The number of carbonyl (C=O) groups is 1. The molecular formula is C20H28F2NO6P. The average molecular weight is 447 g/mol. The molecule has 1 spiro atoms. The van der Waals surface area contributed by atoms with Crippen molar-refractivity contribution in [3.8, 4) is 5.75 Å². The number of hydrogen-bond acceptors (Lipinski definition) is 6. The largest absolute Gasteiger partial charge is 0.462 e. The van der Waals surface area contributed by atoms with Crippen LogP contribution in [0.15, 0.2) is 30.3 Å². The molecule has 1 aliphatic heterocycles. The Bertz CT molecular complexity index is 809. The molecule has 168 valence electrons. The van der Waals surface area contributed by atoms with Gasteiger partial charge in [-0.3, -0.25) is 9.32 Å². The van der Waals surface area contributed by atoms with Gasteiger partial charge < -0.3 is 14.0 Å². The second kappa shape index (κ2) is 8.19. The Balaban J connectivity index is 1.72. The summed E-state index contributed by atoms with van der Waals surface area (Å²) >= 11 is 0. The molecule has 1 aliphatic carbocycles. The Labute approximate surface area is 175 Å². The average Bonchev–Trinajstić information content (AvgIpc) is 3.37. The molecule has 0 radical (unpaired) electrons. The summed E-state index contributed by atoms with van der Waals surface area (Å²) in [4.78, 5) is 12.1. The van der Waals surface area contributed by atoms with Gasteiger partial charge in [-0.1, -0.05) is 18.2 Å². The van der Waals surface area contributed by atoms with E-state index in [4.69, 9.17) is 18.5 Å². The molecule has 7 nitrogen and oxygen atoms in total. The highest BCUT2D eigenvalue weighted by Crippen LogP contribution is 2.61. The van der Waals surface area contributed by atoms with Crippen molar-refractivity contribution in [1.82, 2.24) is 5.09 Å². The van der Waals surface area contributed by atoms with Crippen LogP contribution in [0, 0.1) is 0 Å². The van der Waals surface area contributed by atoms with Crippen LogP contribution < -0.4 is 9.61 Å². The number of alkyl halides is 2. The summed E-state index contributed by atoms with van der Waals surface area (Å²) in [6.07, 6.45) is -0.0913. The van der Waals surface area contributed by atoms with Crippen LogP contribution in [-0.2, 0) is 23.4 Å². The van der Waals surface area contributed by atoms with Crippen LogP contribution in [-0.4, -0.2) is 41.8 Å². The van der Waals surface area contributed by atoms with Crippen molar-refractivity contribution in [1.29, 1.82) is 0 Å². The monoisotopic (exact) mass is 447 g/mol. The maximum Gasteiger partial charge on any atom is 0.459 e. The summed E-state index contributed by atoms with van der Waals surface area (Å²) in [6, 6.07) is 7.03. The van der Waals surface area contributed by atoms with Crippen molar-refractivity contribution in [2.24, 2.45) is 0 Å². The van der Waals surface area contributed by atoms with E-state index in [2.05, 4.69) is 5.09 Å². The second-order valence-electron chi connectivity index (χ2n) is 8.37. The van der Waals surface area contributed by atoms with Crippen molar-refractivity contribution >= 4 is 13.7 Å². The lowest BCUT2D eigenvalue weighted by Gasteiger charge is -2.26. The Morgan fingerprint density at radius 2 is 1.87 bits per heavy atom. The third-order valence-corrected chi connectivity index (χ3v) is 6.73. The number of ether oxygens (including phenoxy) is 2. The minimum Gasteiger partial charge on any atom is -0.462 e. The van der Waals surface area contributed by atoms with E-state index in [1.807, 2.05) is 0 Å². The fourth-order valence-electron chi connectivity index (χ4n) is 3.48. The van der Waals surface area contributed by atoms with Crippen molar-refractivity contribution in [2.45, 2.75) is 76.2 Å². The normalized spacial score (nSPS) is 30.1. The van der Waals surface area contributed by atoms with Crippen LogP contribution in [0.25, 0.3) is 0 Å². The molecule has 10 heteroatoms. The van der Waals surface area contributed by atoms with E-state index in [1.165, 1.54) is 26.0 Å². The van der Waals surface area contributed by atoms with Crippen molar-refractivity contribution in [2.75, 3.05) is 6.61 Å². The number of hydrogen-bond donors (Lipinski definition) is 1. The van der Waals surface area contributed by atoms with Gasteiger partial charge in [-0.05, 0) is 52.7 Å². The summed E-state index contributed by atoms with van der Waals surface area (Å²) in [7, 11) is -4.25. The first-order valence-corrected chi connectivity index (χ1v) is 11.5. The maximum atomic E-state index is 15.2. The van der Waals surface area contributed by atoms with E-state index < -0.39 is 49.9 Å². The molecule has 1 saturated carbocycles. The molecule has 2 fully saturated rings. The molecule has 1 N–H and O–H groups in total. The van der Waals surface area contributed by atoms with Crippen LogP contribution >= 0.6 is 7.75 Å². The highest BCUT2D eigenvalue weighted by atomic mass is 31.2. The van der Waals surface area contributed by atoms with Gasteiger partial charge in [0.2, 0.25) is 5.85 Å². The van der Waals surface area contributed by atoms with Crippen LogP contribution in [0.2, 0.25) is 0 Å². The quantitative estimate of drug-likeness (QED) is 0.442. The van der Waals surface area contributed by atoms with E-state index in [0.717, 1.165) is 0 Å². The molecular weight excluding hydrogens is 419 g/mol. The van der Waals surface area contributed by atoms with E-state index >= 15 is 4.39 Å². The van der Waals surface area contributed by atoms with Gasteiger partial charge >= 0.3 is 13.7 Å². The fraction of sp³-hybridized carbons (Fsp3) is 0.650. The highest BCUT2D eigenvalue weighted by Gasteiger charge is 2.70. The molecule has 2 aliphatic rings. The topological polar surface area (TPSA) is 83.1 Å². The predicted molar refractivity (Wildman–Crippen MR) is 105 cm³/mol. The van der Waals surface area contributed by atoms with Crippen LogP contribution in [0.4, 0.5) is 8.78 Å². The van der Waals surface area contributed by atoms with Gasteiger partial charge in [-0.15, -0.1) is 0 Å². The van der Waals surface area contributed by atoms with Gasteiger partial charge in [0.05, 0.1) is 6.10 Å². The molecule has 0 amide bonds. The standard InChI is InChI=1S/C20H28F2NO6P/c1-14(2)27-17(24)15(3)23-30(25,28-16-8-6-5-7-9-16)26-13-20(22)12-18(4,21)19(29-20)10-11-19/h5-9,14-15H,10-13H2,1-4H3,(H,23,25)/t15-,18+,20-,30?/m0/s1. The number of halogens is 2. The lowest BCUT2D eigenvalue weighted by atomic mass is 9.95. The van der Waals surface area contributed by atoms with Crippen LogP contribution in [0.1, 0.15) is 47.0 Å². The second-order valence-corrected chi connectivity index (χ2v) is 10.1. The predicted octanol–water partition coefficient (Wildman–Crippen LogP) is 4.47. The fourth-order valence-corrected chi connectivity index (χ4v) is 5.00. The van der Waals surface area contributed by atoms with E-state index in [-0.39, 0.29) is 11.9 Å². The number of rotatable bonds is 9. The smallest absolute Gasteiger partial charge is 0.459 e. The first-order chi connectivity index (χ1) is 13.9. The molecule has 0 bridgehead atoms. The third-order valence-electron chi connectivity index (χ3n) is 5.10. The SMILES string of the molecule is CC(C)OC(=O)[C@H](C)NP(=O)(OC[C@]1(F)C[C@@](C)(F)C2(CC2)O1)Oc1ccccc1. The van der Waals surface area contributed by atoms with Crippen LogP contribution in [0.5, 0.6) is 5.75 Å². The Kier molecular flexibility index (Phi) is 6.31. The van der Waals surface area contributed by atoms with E-state index in [9.17, 15) is 13.8 Å². The molecule has 4 atom stereocenters. The molecule has 0 aromatic heterocycles.